The molecule has 4 atom stereocenters. The van der Waals surface area contributed by atoms with Gasteiger partial charge in [0.1, 0.15) is 0 Å². The fourth-order valence-corrected chi connectivity index (χ4v) is 5.24. The molecule has 0 spiro atoms. The average Bonchev–Trinajstić information content (AvgIpc) is 3.13. The highest BCUT2D eigenvalue weighted by Crippen LogP contribution is 2.47. The Kier molecular flexibility index (Phi) is 4.68. The van der Waals surface area contributed by atoms with Crippen LogP contribution in [0, 0.1) is 17.8 Å². The Labute approximate surface area is 143 Å². The van der Waals surface area contributed by atoms with Crippen LogP contribution in [0.2, 0.25) is 0 Å². The minimum Gasteiger partial charge on any atom is -0.352 e. The molecule has 1 amide bonds. The minimum atomic E-state index is -3.54. The number of carbonyl (C=O) groups excluding carboxylic acids is 1. The molecule has 2 saturated carbocycles. The third-order valence-electron chi connectivity index (χ3n) is 5.47. The number of benzene rings is 1. The Bertz CT molecular complexity index is 730. The number of amides is 1. The molecule has 2 aliphatic carbocycles. The molecule has 24 heavy (non-hydrogen) atoms. The van der Waals surface area contributed by atoms with Crippen molar-refractivity contribution in [3.05, 3.63) is 29.8 Å². The first kappa shape index (κ1) is 17.4. The highest BCUT2D eigenvalue weighted by molar-refractivity contribution is 7.89. The van der Waals surface area contributed by atoms with Crippen molar-refractivity contribution in [3.63, 3.8) is 0 Å². The Morgan fingerprint density at radius 1 is 1.25 bits per heavy atom. The maximum atomic E-state index is 12.6. The Balaban J connectivity index is 1.73. The predicted octanol–water partition coefficient (Wildman–Crippen LogP) is 0.927. The van der Waals surface area contributed by atoms with Crippen LogP contribution in [0.3, 0.4) is 0 Å². The number of hydrogen-bond acceptors (Lipinski definition) is 4. The number of sulfonamides is 1. The second kappa shape index (κ2) is 6.46. The smallest absolute Gasteiger partial charge is 0.242 e. The van der Waals surface area contributed by atoms with E-state index in [9.17, 15) is 13.2 Å². The fraction of sp³-hybridized carbons (Fsp3) is 0.588. The molecule has 1 aromatic carbocycles. The van der Waals surface area contributed by atoms with Gasteiger partial charge >= 0.3 is 0 Å². The van der Waals surface area contributed by atoms with Gasteiger partial charge in [-0.2, -0.15) is 0 Å². The molecule has 0 radical (unpaired) electrons. The lowest BCUT2D eigenvalue weighted by atomic mass is 9.84. The van der Waals surface area contributed by atoms with Crippen LogP contribution < -0.4 is 11.1 Å². The van der Waals surface area contributed by atoms with Crippen molar-refractivity contribution in [2.24, 2.45) is 23.5 Å². The Morgan fingerprint density at radius 3 is 2.54 bits per heavy atom. The molecule has 2 fully saturated rings. The summed E-state index contributed by atoms with van der Waals surface area (Å²) in [6, 6.07) is 6.70. The van der Waals surface area contributed by atoms with Crippen LogP contribution in [-0.2, 0) is 21.4 Å². The lowest BCUT2D eigenvalue weighted by Crippen LogP contribution is -2.45. The molecule has 4 unspecified atom stereocenters. The third-order valence-corrected chi connectivity index (χ3v) is 7.38. The van der Waals surface area contributed by atoms with Gasteiger partial charge in [-0.25, -0.2) is 12.7 Å². The van der Waals surface area contributed by atoms with Gasteiger partial charge in [0, 0.05) is 26.7 Å². The number of rotatable bonds is 5. The van der Waals surface area contributed by atoms with E-state index in [4.69, 9.17) is 5.73 Å². The van der Waals surface area contributed by atoms with E-state index in [1.54, 1.807) is 24.3 Å². The van der Waals surface area contributed by atoms with Crippen LogP contribution in [0.5, 0.6) is 0 Å². The van der Waals surface area contributed by atoms with Gasteiger partial charge in [-0.15, -0.1) is 0 Å². The summed E-state index contributed by atoms with van der Waals surface area (Å²) in [4.78, 5) is 12.8. The van der Waals surface area contributed by atoms with Gasteiger partial charge in [-0.05, 0) is 42.7 Å². The topological polar surface area (TPSA) is 92.5 Å². The summed E-state index contributed by atoms with van der Waals surface area (Å²) in [5, 5.41) is 2.91. The number of hydrogen-bond donors (Lipinski definition) is 2. The first-order chi connectivity index (χ1) is 11.3. The molecule has 0 aliphatic heterocycles. The van der Waals surface area contributed by atoms with Gasteiger partial charge in [0.15, 0.2) is 0 Å². The minimum absolute atomic E-state index is 0.0493. The van der Waals surface area contributed by atoms with Crippen LogP contribution in [-0.4, -0.2) is 38.8 Å². The van der Waals surface area contributed by atoms with E-state index in [1.807, 2.05) is 0 Å². The summed E-state index contributed by atoms with van der Waals surface area (Å²) in [5.74, 6) is 0.658. The highest BCUT2D eigenvalue weighted by atomic mass is 32.2. The lowest BCUT2D eigenvalue weighted by Gasteiger charge is -2.27. The number of nitrogens with zero attached hydrogens (tertiary/aromatic N) is 1. The molecule has 2 aliphatic rings. The van der Waals surface area contributed by atoms with Crippen LogP contribution in [0.15, 0.2) is 29.2 Å². The zero-order valence-corrected chi connectivity index (χ0v) is 14.9. The zero-order valence-electron chi connectivity index (χ0n) is 14.1. The van der Waals surface area contributed by atoms with E-state index >= 15 is 0 Å². The molecular weight excluding hydrogens is 326 g/mol. The maximum absolute atomic E-state index is 12.6. The van der Waals surface area contributed by atoms with E-state index in [1.165, 1.54) is 18.4 Å². The van der Waals surface area contributed by atoms with E-state index in [-0.39, 0.29) is 29.3 Å². The predicted molar refractivity (Wildman–Crippen MR) is 91.5 cm³/mol. The molecule has 132 valence electrons. The van der Waals surface area contributed by atoms with Crippen molar-refractivity contribution in [3.8, 4) is 0 Å². The largest absolute Gasteiger partial charge is 0.352 e. The molecule has 7 heteroatoms. The number of nitrogens with one attached hydrogen (secondary N) is 1. The van der Waals surface area contributed by atoms with Gasteiger partial charge in [0.25, 0.3) is 0 Å². The van der Waals surface area contributed by atoms with Crippen molar-refractivity contribution in [1.29, 1.82) is 0 Å². The molecule has 0 aromatic heterocycles. The molecule has 3 rings (SSSR count). The van der Waals surface area contributed by atoms with Crippen molar-refractivity contribution < 1.29 is 13.2 Å². The quantitative estimate of drug-likeness (QED) is 0.825. The van der Waals surface area contributed by atoms with Gasteiger partial charge in [-0.1, -0.05) is 18.2 Å². The SMILES string of the molecule is CN(C)S(=O)(=O)c1ccccc1CNC(=O)C1C2CCC(C2)C1N. The van der Waals surface area contributed by atoms with E-state index in [0.29, 0.717) is 17.4 Å². The van der Waals surface area contributed by atoms with Crippen LogP contribution >= 0.6 is 0 Å². The fourth-order valence-electron chi connectivity index (χ4n) is 4.12. The zero-order chi connectivity index (χ0) is 17.5. The highest BCUT2D eigenvalue weighted by Gasteiger charge is 2.48. The summed E-state index contributed by atoms with van der Waals surface area (Å²) in [5.41, 5.74) is 6.80. The summed E-state index contributed by atoms with van der Waals surface area (Å²) >= 11 is 0. The number of fused-ring (bicyclic) bond motifs is 2. The standard InChI is InChI=1S/C17H25N3O3S/c1-20(2)24(22,23)14-6-4-3-5-13(14)10-19-17(21)15-11-7-8-12(9-11)16(15)18/h3-6,11-12,15-16H,7-10,18H2,1-2H3,(H,19,21). The van der Waals surface area contributed by atoms with Crippen molar-refractivity contribution in [2.45, 2.75) is 36.7 Å². The Morgan fingerprint density at radius 2 is 1.92 bits per heavy atom. The Hall–Kier alpha value is -1.44. The average molecular weight is 351 g/mol. The summed E-state index contributed by atoms with van der Waals surface area (Å²) in [7, 11) is -0.538. The van der Waals surface area contributed by atoms with E-state index < -0.39 is 10.0 Å². The lowest BCUT2D eigenvalue weighted by molar-refractivity contribution is -0.127. The van der Waals surface area contributed by atoms with Crippen LogP contribution in [0.25, 0.3) is 0 Å². The van der Waals surface area contributed by atoms with Crippen molar-refractivity contribution in [2.75, 3.05) is 14.1 Å². The maximum Gasteiger partial charge on any atom is 0.242 e. The molecule has 0 saturated heterocycles. The van der Waals surface area contributed by atoms with Crippen LogP contribution in [0.1, 0.15) is 24.8 Å². The second-order valence-electron chi connectivity index (χ2n) is 7.05. The molecule has 2 bridgehead atoms. The summed E-state index contributed by atoms with van der Waals surface area (Å²) in [6.45, 7) is 0.197. The molecule has 6 nitrogen and oxygen atoms in total. The van der Waals surface area contributed by atoms with Gasteiger partial charge in [0.05, 0.1) is 10.8 Å². The molecule has 0 heterocycles. The second-order valence-corrected chi connectivity index (χ2v) is 9.17. The van der Waals surface area contributed by atoms with E-state index in [2.05, 4.69) is 5.32 Å². The monoisotopic (exact) mass is 351 g/mol. The number of carbonyl (C=O) groups is 1. The molecular formula is C17H25N3O3S. The molecule has 3 N–H and O–H groups in total. The summed E-state index contributed by atoms with van der Waals surface area (Å²) in [6.07, 6.45) is 3.24. The van der Waals surface area contributed by atoms with Gasteiger partial charge < -0.3 is 11.1 Å². The van der Waals surface area contributed by atoms with Gasteiger partial charge in [-0.3, -0.25) is 4.79 Å². The van der Waals surface area contributed by atoms with E-state index in [0.717, 1.165) is 19.3 Å². The van der Waals surface area contributed by atoms with Crippen LogP contribution in [0.4, 0.5) is 0 Å². The van der Waals surface area contributed by atoms with Crippen molar-refractivity contribution in [1.82, 2.24) is 9.62 Å². The first-order valence-corrected chi connectivity index (χ1v) is 9.80. The van der Waals surface area contributed by atoms with Crippen molar-refractivity contribution >= 4 is 15.9 Å². The first-order valence-electron chi connectivity index (χ1n) is 8.36. The normalized spacial score (nSPS) is 29.2. The summed E-state index contributed by atoms with van der Waals surface area (Å²) < 4.78 is 26.0. The number of nitrogens with two attached hydrogens (primary N) is 1. The molecule has 1 aromatic rings. The van der Waals surface area contributed by atoms with Gasteiger partial charge in [0.2, 0.25) is 15.9 Å². The third kappa shape index (κ3) is 2.96.